The van der Waals surface area contributed by atoms with E-state index in [-0.39, 0.29) is 17.0 Å². The molecule has 0 aromatic heterocycles. The summed E-state index contributed by atoms with van der Waals surface area (Å²) < 4.78 is 12.8. The molecule has 0 aliphatic rings. The molecule has 0 bridgehead atoms. The molecule has 0 unspecified atom stereocenters. The van der Waals surface area contributed by atoms with Crippen molar-refractivity contribution in [1.29, 1.82) is 0 Å². The monoisotopic (exact) mass is 309 g/mol. The molecular formula is C15H13ClFNOS. The van der Waals surface area contributed by atoms with E-state index in [4.69, 9.17) is 11.6 Å². The zero-order valence-corrected chi connectivity index (χ0v) is 12.3. The number of carbonyl (C=O) groups is 1. The maximum atomic E-state index is 12.8. The van der Waals surface area contributed by atoms with Crippen molar-refractivity contribution in [1.82, 2.24) is 0 Å². The first kappa shape index (κ1) is 14.9. The van der Waals surface area contributed by atoms with Gasteiger partial charge in [-0.3, -0.25) is 4.79 Å². The van der Waals surface area contributed by atoms with Crippen LogP contribution in [0.1, 0.15) is 6.92 Å². The maximum Gasteiger partial charge on any atom is 0.237 e. The van der Waals surface area contributed by atoms with E-state index in [2.05, 4.69) is 5.32 Å². The standard InChI is InChI=1S/C15H13ClFNOS/c1-10(20-14-8-4-12(17)5-9-14)15(19)18-13-6-2-11(16)3-7-13/h2-10H,1H3,(H,18,19)/t10-/m0/s1. The van der Waals surface area contributed by atoms with Gasteiger partial charge in [0.25, 0.3) is 0 Å². The topological polar surface area (TPSA) is 29.1 Å². The van der Waals surface area contributed by atoms with E-state index in [1.807, 2.05) is 0 Å². The molecule has 0 saturated carbocycles. The predicted molar refractivity (Wildman–Crippen MR) is 81.8 cm³/mol. The van der Waals surface area contributed by atoms with Gasteiger partial charge < -0.3 is 5.32 Å². The largest absolute Gasteiger partial charge is 0.325 e. The van der Waals surface area contributed by atoms with Crippen molar-refractivity contribution in [2.75, 3.05) is 5.32 Å². The van der Waals surface area contributed by atoms with Gasteiger partial charge >= 0.3 is 0 Å². The van der Waals surface area contributed by atoms with Crippen LogP contribution in [0.15, 0.2) is 53.4 Å². The average molecular weight is 310 g/mol. The van der Waals surface area contributed by atoms with Crippen LogP contribution in [0.2, 0.25) is 5.02 Å². The van der Waals surface area contributed by atoms with Crippen molar-refractivity contribution >= 4 is 35.0 Å². The first-order chi connectivity index (χ1) is 9.54. The summed E-state index contributed by atoms with van der Waals surface area (Å²) >= 11 is 7.16. The molecule has 104 valence electrons. The first-order valence-electron chi connectivity index (χ1n) is 6.03. The fourth-order valence-electron chi connectivity index (χ4n) is 1.55. The molecule has 0 aliphatic heterocycles. The number of nitrogens with one attached hydrogen (secondary N) is 1. The summed E-state index contributed by atoms with van der Waals surface area (Å²) in [6.45, 7) is 1.80. The van der Waals surface area contributed by atoms with Crippen LogP contribution in [0.25, 0.3) is 0 Å². The van der Waals surface area contributed by atoms with Gasteiger partial charge in [-0.25, -0.2) is 4.39 Å². The number of benzene rings is 2. The van der Waals surface area contributed by atoms with Gasteiger partial charge in [0, 0.05) is 15.6 Å². The zero-order chi connectivity index (χ0) is 14.5. The molecular weight excluding hydrogens is 297 g/mol. The van der Waals surface area contributed by atoms with Gasteiger partial charge in [0.15, 0.2) is 0 Å². The Balaban J connectivity index is 1.94. The minimum Gasteiger partial charge on any atom is -0.325 e. The Morgan fingerprint density at radius 3 is 2.35 bits per heavy atom. The third kappa shape index (κ3) is 4.25. The lowest BCUT2D eigenvalue weighted by Gasteiger charge is -2.12. The number of carbonyl (C=O) groups excluding carboxylic acids is 1. The van der Waals surface area contributed by atoms with Gasteiger partial charge in [0.2, 0.25) is 5.91 Å². The first-order valence-corrected chi connectivity index (χ1v) is 7.29. The quantitative estimate of drug-likeness (QED) is 0.836. The Labute approximate surface area is 126 Å². The highest BCUT2D eigenvalue weighted by Crippen LogP contribution is 2.24. The van der Waals surface area contributed by atoms with Gasteiger partial charge in [0.1, 0.15) is 5.82 Å². The van der Waals surface area contributed by atoms with E-state index in [9.17, 15) is 9.18 Å². The summed E-state index contributed by atoms with van der Waals surface area (Å²) in [5, 5.41) is 3.15. The van der Waals surface area contributed by atoms with Crippen LogP contribution in [0.5, 0.6) is 0 Å². The summed E-state index contributed by atoms with van der Waals surface area (Å²) in [6.07, 6.45) is 0. The van der Waals surface area contributed by atoms with Crippen LogP contribution in [-0.2, 0) is 4.79 Å². The highest BCUT2D eigenvalue weighted by Gasteiger charge is 2.14. The number of halogens is 2. The lowest BCUT2D eigenvalue weighted by molar-refractivity contribution is -0.115. The molecule has 1 atom stereocenters. The van der Waals surface area contributed by atoms with Gasteiger partial charge in [-0.05, 0) is 55.5 Å². The van der Waals surface area contributed by atoms with E-state index in [0.717, 1.165) is 4.90 Å². The molecule has 5 heteroatoms. The van der Waals surface area contributed by atoms with Crippen LogP contribution >= 0.6 is 23.4 Å². The molecule has 0 heterocycles. The zero-order valence-electron chi connectivity index (χ0n) is 10.8. The fraction of sp³-hybridized carbons (Fsp3) is 0.133. The Morgan fingerprint density at radius 2 is 1.75 bits per heavy atom. The number of amides is 1. The maximum absolute atomic E-state index is 12.8. The highest BCUT2D eigenvalue weighted by molar-refractivity contribution is 8.00. The minimum atomic E-state index is -0.285. The minimum absolute atomic E-state index is 0.110. The molecule has 2 rings (SSSR count). The second kappa shape index (κ2) is 6.77. The lowest BCUT2D eigenvalue weighted by atomic mass is 10.3. The normalized spacial score (nSPS) is 11.9. The molecule has 2 aromatic carbocycles. The Hall–Kier alpha value is -1.52. The number of thioether (sulfide) groups is 1. The van der Waals surface area contributed by atoms with Crippen molar-refractivity contribution in [2.24, 2.45) is 0 Å². The molecule has 2 nitrogen and oxygen atoms in total. The average Bonchev–Trinajstić information content (AvgIpc) is 2.44. The number of rotatable bonds is 4. The molecule has 0 radical (unpaired) electrons. The summed E-state index contributed by atoms with van der Waals surface area (Å²) in [5.41, 5.74) is 0.700. The highest BCUT2D eigenvalue weighted by atomic mass is 35.5. The van der Waals surface area contributed by atoms with E-state index in [1.165, 1.54) is 23.9 Å². The molecule has 0 saturated heterocycles. The van der Waals surface area contributed by atoms with E-state index in [1.54, 1.807) is 43.3 Å². The fourth-order valence-corrected chi connectivity index (χ4v) is 2.54. The van der Waals surface area contributed by atoms with Crippen molar-refractivity contribution in [3.63, 3.8) is 0 Å². The van der Waals surface area contributed by atoms with Crippen LogP contribution in [0.3, 0.4) is 0 Å². The smallest absolute Gasteiger partial charge is 0.237 e. The second-order valence-corrected chi connectivity index (χ2v) is 6.06. The molecule has 2 aromatic rings. The third-order valence-electron chi connectivity index (χ3n) is 2.61. The molecule has 0 aliphatic carbocycles. The van der Waals surface area contributed by atoms with Crippen molar-refractivity contribution in [3.8, 4) is 0 Å². The van der Waals surface area contributed by atoms with Crippen molar-refractivity contribution in [2.45, 2.75) is 17.1 Å². The van der Waals surface area contributed by atoms with Crippen LogP contribution in [0.4, 0.5) is 10.1 Å². The number of hydrogen-bond acceptors (Lipinski definition) is 2. The van der Waals surface area contributed by atoms with Gasteiger partial charge in [-0.15, -0.1) is 11.8 Å². The predicted octanol–water partition coefficient (Wildman–Crippen LogP) is 4.60. The summed E-state index contributed by atoms with van der Waals surface area (Å²) in [5.74, 6) is -0.394. The van der Waals surface area contributed by atoms with Gasteiger partial charge in [0.05, 0.1) is 5.25 Å². The molecule has 1 N–H and O–H groups in total. The van der Waals surface area contributed by atoms with Crippen molar-refractivity contribution < 1.29 is 9.18 Å². The molecule has 0 spiro atoms. The summed E-state index contributed by atoms with van der Waals surface area (Å²) in [7, 11) is 0. The Bertz CT molecular complexity index is 586. The van der Waals surface area contributed by atoms with Crippen LogP contribution < -0.4 is 5.32 Å². The lowest BCUT2D eigenvalue weighted by Crippen LogP contribution is -2.22. The SMILES string of the molecule is C[C@H](Sc1ccc(F)cc1)C(=O)Nc1ccc(Cl)cc1. The van der Waals surface area contributed by atoms with Crippen molar-refractivity contribution in [3.05, 3.63) is 59.4 Å². The summed E-state index contributed by atoms with van der Waals surface area (Å²) in [6, 6.07) is 13.0. The van der Waals surface area contributed by atoms with E-state index in [0.29, 0.717) is 10.7 Å². The third-order valence-corrected chi connectivity index (χ3v) is 3.97. The summed E-state index contributed by atoms with van der Waals surface area (Å²) in [4.78, 5) is 12.9. The van der Waals surface area contributed by atoms with E-state index < -0.39 is 0 Å². The van der Waals surface area contributed by atoms with Gasteiger partial charge in [-0.1, -0.05) is 11.6 Å². The number of hydrogen-bond donors (Lipinski definition) is 1. The van der Waals surface area contributed by atoms with Crippen LogP contribution in [-0.4, -0.2) is 11.2 Å². The molecule has 0 fully saturated rings. The Morgan fingerprint density at radius 1 is 1.15 bits per heavy atom. The molecule has 1 amide bonds. The van der Waals surface area contributed by atoms with E-state index >= 15 is 0 Å². The Kier molecular flexibility index (Phi) is 5.04. The number of anilines is 1. The molecule has 20 heavy (non-hydrogen) atoms. The van der Waals surface area contributed by atoms with Crippen LogP contribution in [0, 0.1) is 5.82 Å². The van der Waals surface area contributed by atoms with Gasteiger partial charge in [-0.2, -0.15) is 0 Å². The second-order valence-electron chi connectivity index (χ2n) is 4.21.